The van der Waals surface area contributed by atoms with Gasteiger partial charge in [-0.1, -0.05) is 22.9 Å². The number of carbonyl (C=O) groups excluding carboxylic acids is 2. The third-order valence-corrected chi connectivity index (χ3v) is 5.16. The average Bonchev–Trinajstić information content (AvgIpc) is 3.03. The molecule has 0 N–H and O–H groups in total. The van der Waals surface area contributed by atoms with Crippen molar-refractivity contribution in [2.75, 3.05) is 13.2 Å². The first-order valence-corrected chi connectivity index (χ1v) is 9.96. The van der Waals surface area contributed by atoms with E-state index in [-0.39, 0.29) is 30.2 Å². The molecule has 0 saturated carbocycles. The van der Waals surface area contributed by atoms with Crippen LogP contribution in [0.5, 0.6) is 5.75 Å². The number of carbonyl (C=O) groups is 2. The summed E-state index contributed by atoms with van der Waals surface area (Å²) in [5, 5.41) is 11.6. The van der Waals surface area contributed by atoms with Crippen molar-refractivity contribution in [3.8, 4) is 5.75 Å². The number of esters is 1. The minimum absolute atomic E-state index is 0.101. The smallest absolute Gasteiger partial charge is 0.326 e. The summed E-state index contributed by atoms with van der Waals surface area (Å²) in [6.45, 7) is 1.37. The standard InChI is InChI=1S/C19H16ClN3O6S/c1-2-28-18(25)10-22-15-8-5-13(23(26)27)9-16(15)30-19(22)21-17(24)11-29-14-6-3-12(20)4-7-14/h3-9H,2,10-11H2,1H3. The van der Waals surface area contributed by atoms with Gasteiger partial charge in [0.1, 0.15) is 12.3 Å². The molecule has 1 amide bonds. The van der Waals surface area contributed by atoms with E-state index >= 15 is 0 Å². The van der Waals surface area contributed by atoms with Crippen LogP contribution in [0.2, 0.25) is 5.02 Å². The number of fused-ring (bicyclic) bond motifs is 1. The highest BCUT2D eigenvalue weighted by atomic mass is 35.5. The number of hydrogen-bond acceptors (Lipinski definition) is 7. The fraction of sp³-hybridized carbons (Fsp3) is 0.211. The maximum atomic E-state index is 12.3. The Labute approximate surface area is 179 Å². The van der Waals surface area contributed by atoms with Crippen molar-refractivity contribution >= 4 is 50.7 Å². The number of nitro groups is 1. The highest BCUT2D eigenvalue weighted by molar-refractivity contribution is 7.16. The van der Waals surface area contributed by atoms with Gasteiger partial charge >= 0.3 is 5.97 Å². The van der Waals surface area contributed by atoms with Crippen molar-refractivity contribution < 1.29 is 24.0 Å². The number of nitrogens with zero attached hydrogens (tertiary/aromatic N) is 3. The first kappa shape index (κ1) is 21.5. The van der Waals surface area contributed by atoms with Crippen LogP contribution in [-0.2, 0) is 20.9 Å². The van der Waals surface area contributed by atoms with Crippen LogP contribution in [0.25, 0.3) is 10.2 Å². The molecule has 0 unspecified atom stereocenters. The summed E-state index contributed by atoms with van der Waals surface area (Å²) < 4.78 is 12.4. The van der Waals surface area contributed by atoms with E-state index in [2.05, 4.69) is 4.99 Å². The van der Waals surface area contributed by atoms with Crippen molar-refractivity contribution in [2.45, 2.75) is 13.5 Å². The molecule has 156 valence electrons. The fourth-order valence-corrected chi connectivity index (χ4v) is 3.77. The molecule has 0 atom stereocenters. The summed E-state index contributed by atoms with van der Waals surface area (Å²) in [7, 11) is 0. The molecule has 0 saturated heterocycles. The van der Waals surface area contributed by atoms with E-state index in [0.29, 0.717) is 21.0 Å². The van der Waals surface area contributed by atoms with Gasteiger partial charge in [-0.3, -0.25) is 19.7 Å². The Balaban J connectivity index is 1.92. The molecule has 3 aromatic rings. The minimum atomic E-state index is -0.580. The molecule has 0 aliphatic rings. The van der Waals surface area contributed by atoms with Crippen LogP contribution in [0, 0.1) is 10.1 Å². The zero-order valence-corrected chi connectivity index (χ0v) is 17.3. The topological polar surface area (TPSA) is 113 Å². The maximum absolute atomic E-state index is 12.3. The Morgan fingerprint density at radius 1 is 1.23 bits per heavy atom. The van der Waals surface area contributed by atoms with Crippen LogP contribution in [0.15, 0.2) is 47.5 Å². The van der Waals surface area contributed by atoms with E-state index in [1.807, 2.05) is 0 Å². The van der Waals surface area contributed by atoms with E-state index in [9.17, 15) is 19.7 Å². The Hall–Kier alpha value is -3.24. The van der Waals surface area contributed by atoms with E-state index in [1.54, 1.807) is 31.2 Å². The number of thiazole rings is 1. The maximum Gasteiger partial charge on any atom is 0.326 e. The third-order valence-electron chi connectivity index (χ3n) is 3.87. The number of halogens is 1. The molecule has 0 aliphatic carbocycles. The van der Waals surface area contributed by atoms with Gasteiger partial charge in [-0.2, -0.15) is 4.99 Å². The monoisotopic (exact) mass is 449 g/mol. The lowest BCUT2D eigenvalue weighted by molar-refractivity contribution is -0.384. The SMILES string of the molecule is CCOC(=O)Cn1c(=NC(=O)COc2ccc(Cl)cc2)sc2cc([N+](=O)[O-])ccc21. The molecule has 0 fully saturated rings. The molecule has 30 heavy (non-hydrogen) atoms. The van der Waals surface area contributed by atoms with Crippen molar-refractivity contribution in [1.29, 1.82) is 0 Å². The van der Waals surface area contributed by atoms with Crippen LogP contribution in [-0.4, -0.2) is 34.6 Å². The number of non-ortho nitro benzene ring substituents is 1. The highest BCUT2D eigenvalue weighted by Crippen LogP contribution is 2.23. The van der Waals surface area contributed by atoms with Gasteiger partial charge in [0.15, 0.2) is 11.4 Å². The van der Waals surface area contributed by atoms with Crippen molar-refractivity contribution in [1.82, 2.24) is 4.57 Å². The number of hydrogen-bond donors (Lipinski definition) is 0. The second-order valence-electron chi connectivity index (χ2n) is 5.93. The molecule has 0 bridgehead atoms. The summed E-state index contributed by atoms with van der Waals surface area (Å²) in [5.74, 6) is -0.639. The van der Waals surface area contributed by atoms with Crippen molar-refractivity contribution in [2.24, 2.45) is 4.99 Å². The van der Waals surface area contributed by atoms with Gasteiger partial charge in [0.2, 0.25) is 0 Å². The highest BCUT2D eigenvalue weighted by Gasteiger charge is 2.15. The largest absolute Gasteiger partial charge is 0.484 e. The molecular formula is C19H16ClN3O6S. The van der Waals surface area contributed by atoms with Crippen molar-refractivity contribution in [3.05, 3.63) is 62.4 Å². The molecule has 11 heteroatoms. The summed E-state index contributed by atoms with van der Waals surface area (Å²) in [6.07, 6.45) is 0. The van der Waals surface area contributed by atoms with E-state index in [0.717, 1.165) is 11.3 Å². The number of ether oxygens (including phenoxy) is 2. The van der Waals surface area contributed by atoms with Gasteiger partial charge in [0, 0.05) is 17.2 Å². The van der Waals surface area contributed by atoms with Crippen LogP contribution < -0.4 is 9.54 Å². The number of amides is 1. The van der Waals surface area contributed by atoms with Gasteiger partial charge in [-0.15, -0.1) is 0 Å². The predicted molar refractivity (Wildman–Crippen MR) is 111 cm³/mol. The zero-order valence-electron chi connectivity index (χ0n) is 15.7. The Morgan fingerprint density at radius 3 is 2.63 bits per heavy atom. The van der Waals surface area contributed by atoms with Crippen LogP contribution >= 0.6 is 22.9 Å². The summed E-state index contributed by atoms with van der Waals surface area (Å²) in [5.41, 5.74) is 0.430. The lowest BCUT2D eigenvalue weighted by Gasteiger charge is -2.05. The molecule has 1 aromatic heterocycles. The molecule has 3 rings (SSSR count). The molecule has 0 spiro atoms. The number of aromatic nitrogens is 1. The Bertz CT molecular complexity index is 1170. The lowest BCUT2D eigenvalue weighted by Crippen LogP contribution is -2.24. The van der Waals surface area contributed by atoms with Gasteiger partial charge in [0.05, 0.1) is 21.7 Å². The van der Waals surface area contributed by atoms with Gasteiger partial charge < -0.3 is 14.0 Å². The van der Waals surface area contributed by atoms with Gasteiger partial charge in [-0.25, -0.2) is 0 Å². The predicted octanol–water partition coefficient (Wildman–Crippen LogP) is 3.33. The summed E-state index contributed by atoms with van der Waals surface area (Å²) >= 11 is 6.87. The van der Waals surface area contributed by atoms with Crippen molar-refractivity contribution in [3.63, 3.8) is 0 Å². The lowest BCUT2D eigenvalue weighted by atomic mass is 10.3. The molecule has 0 aliphatic heterocycles. The first-order valence-electron chi connectivity index (χ1n) is 8.76. The van der Waals surface area contributed by atoms with Gasteiger partial charge in [-0.05, 0) is 37.3 Å². The second-order valence-corrected chi connectivity index (χ2v) is 7.38. The second kappa shape index (κ2) is 9.51. The first-order chi connectivity index (χ1) is 14.4. The molecule has 1 heterocycles. The molecule has 9 nitrogen and oxygen atoms in total. The third kappa shape index (κ3) is 5.22. The molecule has 2 aromatic carbocycles. The number of rotatable bonds is 7. The van der Waals surface area contributed by atoms with Crippen LogP contribution in [0.4, 0.5) is 5.69 Å². The minimum Gasteiger partial charge on any atom is -0.484 e. The molecule has 0 radical (unpaired) electrons. The number of benzene rings is 2. The zero-order chi connectivity index (χ0) is 21.7. The summed E-state index contributed by atoms with van der Waals surface area (Å²) in [4.78, 5) is 39.1. The Kier molecular flexibility index (Phi) is 6.80. The average molecular weight is 450 g/mol. The summed E-state index contributed by atoms with van der Waals surface area (Å²) in [6, 6.07) is 10.7. The van der Waals surface area contributed by atoms with Gasteiger partial charge in [0.25, 0.3) is 11.6 Å². The van der Waals surface area contributed by atoms with E-state index < -0.39 is 16.8 Å². The van der Waals surface area contributed by atoms with Crippen LogP contribution in [0.1, 0.15) is 6.92 Å². The van der Waals surface area contributed by atoms with Crippen LogP contribution in [0.3, 0.4) is 0 Å². The normalized spacial score (nSPS) is 11.5. The van der Waals surface area contributed by atoms with E-state index in [1.165, 1.54) is 22.8 Å². The Morgan fingerprint density at radius 2 is 1.97 bits per heavy atom. The van der Waals surface area contributed by atoms with E-state index in [4.69, 9.17) is 21.1 Å². The number of nitro benzene ring substituents is 1. The molecular weight excluding hydrogens is 434 g/mol. The quantitative estimate of drug-likeness (QED) is 0.310. The fourth-order valence-electron chi connectivity index (χ4n) is 2.56.